The lowest BCUT2D eigenvalue weighted by Crippen LogP contribution is -2.44. The lowest BCUT2D eigenvalue weighted by Gasteiger charge is -2.23. The predicted molar refractivity (Wildman–Crippen MR) is 79.1 cm³/mol. The van der Waals surface area contributed by atoms with Crippen LogP contribution in [0.5, 0.6) is 0 Å². The molecule has 0 radical (unpaired) electrons. The molecule has 1 aromatic carbocycles. The predicted octanol–water partition coefficient (Wildman–Crippen LogP) is 2.02. The van der Waals surface area contributed by atoms with Crippen LogP contribution in [0.3, 0.4) is 0 Å². The average Bonchev–Trinajstić information content (AvgIpc) is 2.38. The summed E-state index contributed by atoms with van der Waals surface area (Å²) in [5, 5.41) is 17.7. The zero-order valence-electron chi connectivity index (χ0n) is 10.8. The van der Waals surface area contributed by atoms with Crippen molar-refractivity contribution >= 4 is 33.6 Å². The van der Waals surface area contributed by atoms with E-state index in [0.717, 1.165) is 25.9 Å². The molecular weight excluding hydrogens is 326 g/mol. The van der Waals surface area contributed by atoms with Gasteiger partial charge < -0.3 is 21.1 Å². The van der Waals surface area contributed by atoms with Gasteiger partial charge in [0.05, 0.1) is 5.56 Å². The van der Waals surface area contributed by atoms with Gasteiger partial charge in [-0.1, -0.05) is 15.9 Å². The molecule has 1 aromatic rings. The van der Waals surface area contributed by atoms with Crippen molar-refractivity contribution in [2.24, 2.45) is 0 Å². The second kappa shape index (κ2) is 6.71. The van der Waals surface area contributed by atoms with Crippen molar-refractivity contribution in [1.82, 2.24) is 10.6 Å². The van der Waals surface area contributed by atoms with Crippen LogP contribution < -0.4 is 16.0 Å². The Kier molecular flexibility index (Phi) is 4.97. The Bertz CT molecular complexity index is 516. The Morgan fingerprint density at radius 1 is 1.25 bits per heavy atom. The molecule has 0 aliphatic carbocycles. The number of nitrogens with one attached hydrogen (secondary N) is 3. The van der Waals surface area contributed by atoms with Gasteiger partial charge in [-0.25, -0.2) is 9.59 Å². The highest BCUT2D eigenvalue weighted by atomic mass is 79.9. The summed E-state index contributed by atoms with van der Waals surface area (Å²) >= 11 is 3.23. The summed E-state index contributed by atoms with van der Waals surface area (Å²) in [6.45, 7) is 1.79. The SMILES string of the molecule is O=C(Nc1cc(Br)cc(C(=O)O)c1)NC1CCNCC1. The molecule has 0 aromatic heterocycles. The van der Waals surface area contributed by atoms with Gasteiger partial charge >= 0.3 is 12.0 Å². The van der Waals surface area contributed by atoms with Gasteiger partial charge in [0.25, 0.3) is 0 Å². The maximum absolute atomic E-state index is 11.9. The molecule has 1 aliphatic heterocycles. The zero-order chi connectivity index (χ0) is 14.5. The number of piperidine rings is 1. The summed E-state index contributed by atoms with van der Waals surface area (Å²) in [6, 6.07) is 4.41. The van der Waals surface area contributed by atoms with Crippen LogP contribution in [0.25, 0.3) is 0 Å². The number of aromatic carboxylic acids is 1. The molecule has 0 unspecified atom stereocenters. The van der Waals surface area contributed by atoms with E-state index in [-0.39, 0.29) is 17.6 Å². The van der Waals surface area contributed by atoms with Crippen molar-refractivity contribution in [3.05, 3.63) is 28.2 Å². The van der Waals surface area contributed by atoms with Crippen molar-refractivity contribution in [3.8, 4) is 0 Å². The molecule has 0 spiro atoms. The van der Waals surface area contributed by atoms with Crippen LogP contribution in [0, 0.1) is 0 Å². The van der Waals surface area contributed by atoms with E-state index in [1.54, 1.807) is 6.07 Å². The van der Waals surface area contributed by atoms with Crippen LogP contribution in [0.15, 0.2) is 22.7 Å². The molecule has 1 fully saturated rings. The fourth-order valence-electron chi connectivity index (χ4n) is 2.10. The van der Waals surface area contributed by atoms with Crippen LogP contribution >= 0.6 is 15.9 Å². The van der Waals surface area contributed by atoms with Crippen LogP contribution in [0.4, 0.5) is 10.5 Å². The molecule has 1 heterocycles. The number of carboxylic acid groups (broad SMARTS) is 1. The Morgan fingerprint density at radius 3 is 2.60 bits per heavy atom. The summed E-state index contributed by atoms with van der Waals surface area (Å²) < 4.78 is 0.606. The van der Waals surface area contributed by atoms with Crippen molar-refractivity contribution < 1.29 is 14.7 Å². The summed E-state index contributed by atoms with van der Waals surface area (Å²) in [6.07, 6.45) is 1.79. The highest BCUT2D eigenvalue weighted by Crippen LogP contribution is 2.19. The molecule has 0 bridgehead atoms. The van der Waals surface area contributed by atoms with E-state index in [4.69, 9.17) is 5.11 Å². The Balaban J connectivity index is 1.98. The number of benzene rings is 1. The topological polar surface area (TPSA) is 90.5 Å². The number of carbonyl (C=O) groups excluding carboxylic acids is 1. The number of carboxylic acids is 1. The van der Waals surface area contributed by atoms with E-state index in [1.165, 1.54) is 12.1 Å². The van der Waals surface area contributed by atoms with Gasteiger partial charge in [0, 0.05) is 16.2 Å². The minimum Gasteiger partial charge on any atom is -0.478 e. The minimum absolute atomic E-state index is 0.122. The molecule has 1 aliphatic rings. The van der Waals surface area contributed by atoms with Gasteiger partial charge in [0.2, 0.25) is 0 Å². The second-order valence-corrected chi connectivity index (χ2v) is 5.57. The molecule has 108 valence electrons. The maximum atomic E-state index is 11.9. The van der Waals surface area contributed by atoms with E-state index in [0.29, 0.717) is 10.2 Å². The standard InChI is InChI=1S/C13H16BrN3O3/c14-9-5-8(12(18)19)6-11(7-9)17-13(20)16-10-1-3-15-4-2-10/h5-7,10,15H,1-4H2,(H,18,19)(H2,16,17,20). The number of halogens is 1. The maximum Gasteiger partial charge on any atom is 0.335 e. The van der Waals surface area contributed by atoms with Gasteiger partial charge in [0.15, 0.2) is 0 Å². The molecule has 0 saturated carbocycles. The van der Waals surface area contributed by atoms with E-state index < -0.39 is 5.97 Å². The van der Waals surface area contributed by atoms with Crippen molar-refractivity contribution in [3.63, 3.8) is 0 Å². The summed E-state index contributed by atoms with van der Waals surface area (Å²) in [5.74, 6) is -1.03. The molecule has 7 heteroatoms. The van der Waals surface area contributed by atoms with Gasteiger partial charge in [-0.2, -0.15) is 0 Å². The van der Waals surface area contributed by atoms with Crippen LogP contribution in [-0.4, -0.2) is 36.2 Å². The third kappa shape index (κ3) is 4.21. The molecule has 2 rings (SSSR count). The lowest BCUT2D eigenvalue weighted by atomic mass is 10.1. The number of carbonyl (C=O) groups is 2. The van der Waals surface area contributed by atoms with Crippen molar-refractivity contribution in [1.29, 1.82) is 0 Å². The number of hydrogen-bond donors (Lipinski definition) is 4. The molecule has 0 atom stereocenters. The molecule has 6 nitrogen and oxygen atoms in total. The smallest absolute Gasteiger partial charge is 0.335 e. The van der Waals surface area contributed by atoms with Gasteiger partial charge in [0.1, 0.15) is 0 Å². The largest absolute Gasteiger partial charge is 0.478 e. The first kappa shape index (κ1) is 14.8. The van der Waals surface area contributed by atoms with Gasteiger partial charge in [-0.05, 0) is 44.1 Å². The molecular formula is C13H16BrN3O3. The molecule has 2 amide bonds. The Morgan fingerprint density at radius 2 is 1.95 bits per heavy atom. The first-order valence-corrected chi connectivity index (χ1v) is 7.16. The minimum atomic E-state index is -1.03. The van der Waals surface area contributed by atoms with Crippen molar-refractivity contribution in [2.75, 3.05) is 18.4 Å². The summed E-state index contributed by atoms with van der Waals surface area (Å²) in [5.41, 5.74) is 0.569. The lowest BCUT2D eigenvalue weighted by molar-refractivity contribution is 0.0697. The van der Waals surface area contributed by atoms with E-state index in [1.807, 2.05) is 0 Å². The number of anilines is 1. The zero-order valence-corrected chi connectivity index (χ0v) is 12.4. The summed E-state index contributed by atoms with van der Waals surface area (Å²) in [7, 11) is 0. The molecule has 4 N–H and O–H groups in total. The third-order valence-electron chi connectivity index (χ3n) is 3.08. The Labute approximate surface area is 125 Å². The molecule has 20 heavy (non-hydrogen) atoms. The van der Waals surface area contributed by atoms with Crippen LogP contribution in [-0.2, 0) is 0 Å². The number of rotatable bonds is 3. The highest BCUT2D eigenvalue weighted by molar-refractivity contribution is 9.10. The normalized spacial score (nSPS) is 15.7. The molecule has 1 saturated heterocycles. The summed E-state index contributed by atoms with van der Waals surface area (Å²) in [4.78, 5) is 22.8. The fraction of sp³-hybridized carbons (Fsp3) is 0.385. The van der Waals surface area contributed by atoms with Crippen LogP contribution in [0.1, 0.15) is 23.2 Å². The van der Waals surface area contributed by atoms with Gasteiger partial charge in [-0.3, -0.25) is 0 Å². The van der Waals surface area contributed by atoms with E-state index >= 15 is 0 Å². The fourth-order valence-corrected chi connectivity index (χ4v) is 2.60. The third-order valence-corrected chi connectivity index (χ3v) is 3.53. The first-order chi connectivity index (χ1) is 9.54. The second-order valence-electron chi connectivity index (χ2n) is 4.66. The quantitative estimate of drug-likeness (QED) is 0.677. The average molecular weight is 342 g/mol. The number of amides is 2. The number of urea groups is 1. The monoisotopic (exact) mass is 341 g/mol. The highest BCUT2D eigenvalue weighted by Gasteiger charge is 2.15. The van der Waals surface area contributed by atoms with E-state index in [2.05, 4.69) is 31.9 Å². The van der Waals surface area contributed by atoms with E-state index in [9.17, 15) is 9.59 Å². The van der Waals surface area contributed by atoms with Crippen LogP contribution in [0.2, 0.25) is 0 Å². The first-order valence-electron chi connectivity index (χ1n) is 6.37. The van der Waals surface area contributed by atoms with Gasteiger partial charge in [-0.15, -0.1) is 0 Å². The van der Waals surface area contributed by atoms with Crippen molar-refractivity contribution in [2.45, 2.75) is 18.9 Å². The number of hydrogen-bond acceptors (Lipinski definition) is 3. The Hall–Kier alpha value is -1.60.